The minimum atomic E-state index is 0.279. The molecule has 3 rings (SSSR count). The lowest BCUT2D eigenvalue weighted by Crippen LogP contribution is -2.33. The van der Waals surface area contributed by atoms with Crippen molar-refractivity contribution in [3.63, 3.8) is 0 Å². The number of hydrogen-bond donors (Lipinski definition) is 1. The number of fused-ring (bicyclic) bond motifs is 1. The molecule has 112 valence electrons. The third-order valence-corrected chi connectivity index (χ3v) is 4.37. The number of ether oxygens (including phenoxy) is 2. The van der Waals surface area contributed by atoms with Gasteiger partial charge in [-0.15, -0.1) is 0 Å². The topological polar surface area (TPSA) is 43.4 Å². The Morgan fingerprint density at radius 3 is 2.81 bits per heavy atom. The van der Waals surface area contributed by atoms with Gasteiger partial charge in [0.25, 0.3) is 0 Å². The summed E-state index contributed by atoms with van der Waals surface area (Å²) in [5, 5.41) is 5.72. The zero-order chi connectivity index (χ0) is 14.7. The molecule has 0 atom stereocenters. The summed E-state index contributed by atoms with van der Waals surface area (Å²) in [7, 11) is 1.70. The van der Waals surface area contributed by atoms with E-state index in [-0.39, 0.29) is 5.41 Å². The number of nitrogens with one attached hydrogen (secondary N) is 1. The van der Waals surface area contributed by atoms with E-state index in [1.165, 1.54) is 0 Å². The summed E-state index contributed by atoms with van der Waals surface area (Å²) >= 11 is 0. The normalized spacial score (nSPS) is 17.6. The van der Waals surface area contributed by atoms with Crippen molar-refractivity contribution in [2.45, 2.75) is 19.8 Å². The number of benzene rings is 1. The number of pyridine rings is 1. The summed E-state index contributed by atoms with van der Waals surface area (Å²) in [4.78, 5) is 4.50. The molecule has 0 bridgehead atoms. The largest absolute Gasteiger partial charge is 0.496 e. The predicted octanol–water partition coefficient (Wildman–Crippen LogP) is 3.47. The van der Waals surface area contributed by atoms with Gasteiger partial charge in [0, 0.05) is 36.7 Å². The molecule has 0 unspecified atom stereocenters. The Morgan fingerprint density at radius 2 is 2.05 bits per heavy atom. The van der Waals surface area contributed by atoms with Crippen LogP contribution in [0.2, 0.25) is 0 Å². The smallest absolute Gasteiger partial charge is 0.133 e. The van der Waals surface area contributed by atoms with Gasteiger partial charge in [0.05, 0.1) is 7.11 Å². The average molecular weight is 286 g/mol. The van der Waals surface area contributed by atoms with E-state index in [1.54, 1.807) is 7.11 Å². The van der Waals surface area contributed by atoms with Gasteiger partial charge in [-0.1, -0.05) is 19.1 Å². The molecule has 1 fully saturated rings. The quantitative estimate of drug-likeness (QED) is 0.934. The molecule has 1 saturated heterocycles. The SMILES string of the molecule is COc1cccc2c(NCC3(C)CCOCC3)nccc12. The van der Waals surface area contributed by atoms with Gasteiger partial charge in [-0.05, 0) is 30.4 Å². The van der Waals surface area contributed by atoms with Gasteiger partial charge in [-0.3, -0.25) is 0 Å². The second-order valence-corrected chi connectivity index (χ2v) is 5.99. The molecular formula is C17H22N2O2. The van der Waals surface area contributed by atoms with Crippen LogP contribution in [0.4, 0.5) is 5.82 Å². The number of rotatable bonds is 4. The first kappa shape index (κ1) is 14.1. The van der Waals surface area contributed by atoms with E-state index in [9.17, 15) is 0 Å². The molecule has 0 spiro atoms. The Kier molecular flexibility index (Phi) is 3.97. The summed E-state index contributed by atoms with van der Waals surface area (Å²) in [6, 6.07) is 8.06. The number of anilines is 1. The predicted molar refractivity (Wildman–Crippen MR) is 84.9 cm³/mol. The van der Waals surface area contributed by atoms with E-state index in [2.05, 4.69) is 23.3 Å². The molecule has 1 aliphatic rings. The van der Waals surface area contributed by atoms with Crippen molar-refractivity contribution in [1.29, 1.82) is 0 Å². The second kappa shape index (κ2) is 5.90. The highest BCUT2D eigenvalue weighted by molar-refractivity contribution is 5.95. The van der Waals surface area contributed by atoms with E-state index in [0.717, 1.165) is 54.9 Å². The van der Waals surface area contributed by atoms with Gasteiger partial charge in [-0.25, -0.2) is 4.98 Å². The second-order valence-electron chi connectivity index (χ2n) is 5.99. The monoisotopic (exact) mass is 286 g/mol. The first-order valence-corrected chi connectivity index (χ1v) is 7.45. The van der Waals surface area contributed by atoms with E-state index in [1.807, 2.05) is 24.4 Å². The van der Waals surface area contributed by atoms with Crippen molar-refractivity contribution in [2.75, 3.05) is 32.2 Å². The summed E-state index contributed by atoms with van der Waals surface area (Å²) in [5.74, 6) is 1.81. The highest BCUT2D eigenvalue weighted by atomic mass is 16.5. The number of methoxy groups -OCH3 is 1. The third-order valence-electron chi connectivity index (χ3n) is 4.37. The zero-order valence-corrected chi connectivity index (χ0v) is 12.7. The third kappa shape index (κ3) is 2.95. The van der Waals surface area contributed by atoms with Crippen molar-refractivity contribution in [3.05, 3.63) is 30.5 Å². The molecule has 21 heavy (non-hydrogen) atoms. The molecule has 4 nitrogen and oxygen atoms in total. The lowest BCUT2D eigenvalue weighted by molar-refractivity contribution is 0.0300. The van der Waals surface area contributed by atoms with Gasteiger partial charge < -0.3 is 14.8 Å². The maximum absolute atomic E-state index is 5.46. The van der Waals surface area contributed by atoms with Crippen molar-refractivity contribution in [2.24, 2.45) is 5.41 Å². The Morgan fingerprint density at radius 1 is 1.24 bits per heavy atom. The molecule has 0 aliphatic carbocycles. The van der Waals surface area contributed by atoms with E-state index in [4.69, 9.17) is 9.47 Å². The lowest BCUT2D eigenvalue weighted by Gasteiger charge is -2.33. The fourth-order valence-electron chi connectivity index (χ4n) is 2.84. The first-order chi connectivity index (χ1) is 10.2. The van der Waals surface area contributed by atoms with Crippen molar-refractivity contribution in [1.82, 2.24) is 4.98 Å². The average Bonchev–Trinajstić information content (AvgIpc) is 2.53. The van der Waals surface area contributed by atoms with Crippen LogP contribution >= 0.6 is 0 Å². The molecule has 0 radical (unpaired) electrons. The molecule has 1 aliphatic heterocycles. The molecule has 2 aromatic rings. The van der Waals surface area contributed by atoms with Gasteiger partial charge in [0.1, 0.15) is 11.6 Å². The lowest BCUT2D eigenvalue weighted by atomic mass is 9.82. The molecule has 1 aromatic heterocycles. The van der Waals surface area contributed by atoms with E-state index >= 15 is 0 Å². The van der Waals surface area contributed by atoms with Crippen molar-refractivity contribution >= 4 is 16.6 Å². The minimum Gasteiger partial charge on any atom is -0.496 e. The highest BCUT2D eigenvalue weighted by Gasteiger charge is 2.27. The van der Waals surface area contributed by atoms with E-state index < -0.39 is 0 Å². The van der Waals surface area contributed by atoms with Crippen LogP contribution in [-0.4, -0.2) is 31.9 Å². The number of hydrogen-bond acceptors (Lipinski definition) is 4. The minimum absolute atomic E-state index is 0.279. The summed E-state index contributed by atoms with van der Waals surface area (Å²) in [6.45, 7) is 4.94. The molecule has 1 N–H and O–H groups in total. The zero-order valence-electron chi connectivity index (χ0n) is 12.7. The summed E-state index contributed by atoms with van der Waals surface area (Å²) in [5.41, 5.74) is 0.279. The van der Waals surface area contributed by atoms with Crippen LogP contribution in [0.3, 0.4) is 0 Å². The Bertz CT molecular complexity index is 621. The van der Waals surface area contributed by atoms with Gasteiger partial charge in [0.15, 0.2) is 0 Å². The van der Waals surface area contributed by atoms with Crippen molar-refractivity contribution < 1.29 is 9.47 Å². The highest BCUT2D eigenvalue weighted by Crippen LogP contribution is 2.32. The van der Waals surface area contributed by atoms with Crippen molar-refractivity contribution in [3.8, 4) is 5.75 Å². The first-order valence-electron chi connectivity index (χ1n) is 7.45. The Hall–Kier alpha value is -1.81. The van der Waals surface area contributed by atoms with Gasteiger partial charge in [0.2, 0.25) is 0 Å². The fourth-order valence-corrected chi connectivity index (χ4v) is 2.84. The maximum atomic E-state index is 5.46. The Balaban J connectivity index is 1.84. The Labute approximate surface area is 125 Å². The summed E-state index contributed by atoms with van der Waals surface area (Å²) in [6.07, 6.45) is 4.02. The van der Waals surface area contributed by atoms with Gasteiger partial charge in [-0.2, -0.15) is 0 Å². The van der Waals surface area contributed by atoms with Crippen LogP contribution < -0.4 is 10.1 Å². The van der Waals surface area contributed by atoms with E-state index in [0.29, 0.717) is 0 Å². The summed E-state index contributed by atoms with van der Waals surface area (Å²) < 4.78 is 10.9. The number of aromatic nitrogens is 1. The van der Waals surface area contributed by atoms with Crippen LogP contribution in [0.5, 0.6) is 5.75 Å². The molecular weight excluding hydrogens is 264 g/mol. The van der Waals surface area contributed by atoms with Crippen LogP contribution in [0.1, 0.15) is 19.8 Å². The molecule has 0 amide bonds. The van der Waals surface area contributed by atoms with Crippen LogP contribution in [0, 0.1) is 5.41 Å². The molecule has 0 saturated carbocycles. The van der Waals surface area contributed by atoms with Gasteiger partial charge >= 0.3 is 0 Å². The van der Waals surface area contributed by atoms with Crippen LogP contribution in [0.25, 0.3) is 10.8 Å². The maximum Gasteiger partial charge on any atom is 0.133 e. The number of nitrogens with zero attached hydrogens (tertiary/aromatic N) is 1. The standard InChI is InChI=1S/C17H22N2O2/c1-17(7-10-21-11-8-17)12-19-16-14-4-3-5-15(20-2)13(14)6-9-18-16/h3-6,9H,7-8,10-12H2,1-2H3,(H,18,19). The molecule has 4 heteroatoms. The fraction of sp³-hybridized carbons (Fsp3) is 0.471. The molecule has 1 aromatic carbocycles. The molecule has 2 heterocycles. The van der Waals surface area contributed by atoms with Crippen LogP contribution in [0.15, 0.2) is 30.5 Å². The van der Waals surface area contributed by atoms with Crippen LogP contribution in [-0.2, 0) is 4.74 Å².